The van der Waals surface area contributed by atoms with Crippen LogP contribution in [0.3, 0.4) is 0 Å². The van der Waals surface area contributed by atoms with E-state index in [1.54, 1.807) is 82.6 Å². The number of phenolic OH excluding ortho intramolecular Hbond substituents is 1. The maximum Gasteiger partial charge on any atom is 0.326 e. The summed E-state index contributed by atoms with van der Waals surface area (Å²) < 4.78 is 0. The van der Waals surface area contributed by atoms with Crippen LogP contribution in [0.1, 0.15) is 121 Å². The monoisotopic (exact) mass is 1390 g/mol. The number of aliphatic carboxylic acids is 1. The molecule has 1 heterocycles. The lowest BCUT2D eigenvalue weighted by atomic mass is 9.98. The number of amides is 9. The number of carboxylic acid groups (broad SMARTS) is 1. The largest absolute Gasteiger partial charge is 0.508 e. The predicted molar refractivity (Wildman–Crippen MR) is 378 cm³/mol. The predicted octanol–water partition coefficient (Wildman–Crippen LogP) is -0.301. The molecule has 0 saturated heterocycles. The van der Waals surface area contributed by atoms with Gasteiger partial charge in [-0.25, -0.2) is 4.79 Å². The van der Waals surface area contributed by atoms with Crippen LogP contribution < -0.4 is 87.6 Å². The summed E-state index contributed by atoms with van der Waals surface area (Å²) in [4.78, 5) is 146. The normalized spacial score (nSPS) is 14.5. The van der Waals surface area contributed by atoms with Gasteiger partial charge in [0, 0.05) is 36.4 Å². The summed E-state index contributed by atoms with van der Waals surface area (Å²) >= 11 is 1.39. The molecule has 98 heavy (non-hydrogen) atoms. The number of nitrogens with one attached hydrogen (secondary N) is 11. The minimum Gasteiger partial charge on any atom is -0.508 e. The Morgan fingerprint density at radius 3 is 1.38 bits per heavy atom. The second kappa shape index (κ2) is 43.9. The van der Waals surface area contributed by atoms with Gasteiger partial charge < -0.3 is 97.5 Å². The number of carbonyl (C=O) groups excluding carboxylic acids is 9. The number of carbonyl (C=O) groups is 10. The SMILES string of the molecule is CSCC[C@H](NC(=O)[C@@H](NC(=O)[C@@H](NC(=O)[C@H](Cc1ccc(O)cc1)NC(=O)[C@H](Cc1ccccc1)NC(=O)[C@H](CCCNC(N)N)NC(=O)[C@H](N)CCCCN)C(C)C)C(C)C)C(=O)N[C@@H](Cc1c[nH]c2ccccc12)C(=O)N[C@@H](CCCCN)C(=O)N[C@H](CCCCN)C(=O)O. The zero-order valence-corrected chi connectivity index (χ0v) is 57.9. The average molecular weight is 1390 g/mol. The number of aromatic nitrogens is 1. The Morgan fingerprint density at radius 1 is 0.449 bits per heavy atom. The number of rotatable bonds is 47. The van der Waals surface area contributed by atoms with Crippen LogP contribution in [0.2, 0.25) is 0 Å². The molecule has 0 aliphatic heterocycles. The maximum atomic E-state index is 14.9. The molecular weight excluding hydrogens is 1280 g/mol. The number of carboxylic acids is 1. The fraction of sp³-hybridized carbons (Fsp3) is 0.559. The van der Waals surface area contributed by atoms with Crippen molar-refractivity contribution in [3.05, 3.63) is 102 Å². The molecule has 0 bridgehead atoms. The molecule has 0 saturated carbocycles. The lowest BCUT2D eigenvalue weighted by Crippen LogP contribution is -2.62. The standard InChI is InChI=1S/C68H107N17O12S/c1-40(2)56(65(94)79-51(30-35-98-5)61(90)83-55(38-44-39-76-48-22-10-9-20-46(44)48)63(92)78-49(23-12-15-32-70)59(88)80-52(67(96)97)24-13-16-33-71)85-66(95)57(41(3)4)84-64(93)54(37-43-26-28-45(86)29-27-43)82-62(91)53(36-42-18-7-6-8-19-42)81-60(89)50(25-17-34-75-68(73)74)77-58(87)47(72)21-11-14-31-69/h6-10,18-20,22,26-29,39-41,47,49-57,68,75-76,86H,11-17,21,23-25,30-38,69-74H2,1-5H3,(H,77,87)(H,78,92)(H,79,94)(H,80,88)(H,81,89)(H,82,91)(H,83,90)(H,84,93)(H,85,95)(H,96,97)/t47-,49+,50+,51+,52-,53+,54+,55+,56+,57+/m1/s1. The third kappa shape index (κ3) is 28.7. The number of nitrogens with two attached hydrogens (primary N) is 6. The molecule has 1 aromatic heterocycles. The number of fused-ring (bicyclic) bond motifs is 1. The molecule has 4 aromatic rings. The van der Waals surface area contributed by atoms with Gasteiger partial charge in [-0.05, 0) is 156 Å². The highest BCUT2D eigenvalue weighted by Crippen LogP contribution is 2.21. The smallest absolute Gasteiger partial charge is 0.326 e. The Labute approximate surface area is 578 Å². The van der Waals surface area contributed by atoms with Gasteiger partial charge in [-0.15, -0.1) is 0 Å². The molecule has 0 aliphatic rings. The van der Waals surface area contributed by atoms with Gasteiger partial charge in [-0.1, -0.05) is 94.8 Å². The molecule has 0 spiro atoms. The fourth-order valence-electron chi connectivity index (χ4n) is 10.8. The van der Waals surface area contributed by atoms with Crippen LogP contribution in [0.25, 0.3) is 10.9 Å². The van der Waals surface area contributed by atoms with Crippen molar-refractivity contribution in [1.29, 1.82) is 0 Å². The molecule has 542 valence electrons. The molecule has 25 N–H and O–H groups in total. The van der Waals surface area contributed by atoms with Gasteiger partial charge in [0.25, 0.3) is 0 Å². The molecule has 0 fully saturated rings. The number of aromatic hydroxyl groups is 1. The van der Waals surface area contributed by atoms with Crippen LogP contribution in [0.15, 0.2) is 85.1 Å². The Kier molecular flexibility index (Phi) is 36.8. The summed E-state index contributed by atoms with van der Waals surface area (Å²) in [6.45, 7) is 7.96. The Balaban J connectivity index is 1.64. The second-order valence-electron chi connectivity index (χ2n) is 25.2. The van der Waals surface area contributed by atoms with Gasteiger partial charge in [0.2, 0.25) is 53.2 Å². The Hall–Kier alpha value is -8.23. The summed E-state index contributed by atoms with van der Waals surface area (Å²) in [6, 6.07) is 9.20. The van der Waals surface area contributed by atoms with Crippen LogP contribution in [-0.4, -0.2) is 179 Å². The van der Waals surface area contributed by atoms with Gasteiger partial charge in [0.1, 0.15) is 66.4 Å². The van der Waals surface area contributed by atoms with Crippen molar-refractivity contribution in [2.75, 3.05) is 38.2 Å². The highest BCUT2D eigenvalue weighted by molar-refractivity contribution is 7.98. The topological polar surface area (TPSA) is 503 Å². The molecule has 30 heteroatoms. The molecule has 9 amide bonds. The number of H-pyrrole nitrogens is 1. The van der Waals surface area contributed by atoms with Crippen molar-refractivity contribution in [1.82, 2.24) is 58.2 Å². The van der Waals surface area contributed by atoms with E-state index in [0.717, 1.165) is 10.9 Å². The van der Waals surface area contributed by atoms with Crippen molar-refractivity contribution < 1.29 is 58.2 Å². The Bertz CT molecular complexity index is 3160. The molecule has 10 atom stereocenters. The molecule has 3 aromatic carbocycles. The van der Waals surface area contributed by atoms with Crippen LogP contribution >= 0.6 is 11.8 Å². The lowest BCUT2D eigenvalue weighted by Gasteiger charge is -2.30. The first-order chi connectivity index (χ1) is 46.8. The minimum atomic E-state index is -1.44. The average Bonchev–Trinajstić information content (AvgIpc) is 1.58. The molecule has 0 unspecified atom stereocenters. The summed E-state index contributed by atoms with van der Waals surface area (Å²) in [5.74, 6) is -9.05. The summed E-state index contributed by atoms with van der Waals surface area (Å²) in [5.41, 5.74) is 37.2. The van der Waals surface area contributed by atoms with E-state index in [1.165, 1.54) is 23.9 Å². The van der Waals surface area contributed by atoms with Crippen molar-refractivity contribution in [2.24, 2.45) is 46.2 Å². The van der Waals surface area contributed by atoms with Crippen LogP contribution in [0.4, 0.5) is 0 Å². The number of thioether (sulfide) groups is 1. The van der Waals surface area contributed by atoms with E-state index in [-0.39, 0.29) is 63.8 Å². The number of aromatic amines is 1. The van der Waals surface area contributed by atoms with E-state index in [4.69, 9.17) is 34.4 Å². The number of hydrogen-bond acceptors (Lipinski definition) is 19. The summed E-state index contributed by atoms with van der Waals surface area (Å²) in [5, 5.41) is 48.7. The first-order valence-corrected chi connectivity index (χ1v) is 35.1. The highest BCUT2D eigenvalue weighted by atomic mass is 32.2. The van der Waals surface area contributed by atoms with Crippen molar-refractivity contribution in [3.8, 4) is 5.75 Å². The maximum absolute atomic E-state index is 14.9. The molecular formula is C68H107N17O12S. The first-order valence-electron chi connectivity index (χ1n) is 33.7. The van der Waals surface area contributed by atoms with Crippen molar-refractivity contribution in [3.63, 3.8) is 0 Å². The van der Waals surface area contributed by atoms with Crippen molar-refractivity contribution >= 4 is 81.8 Å². The van der Waals surface area contributed by atoms with E-state index in [2.05, 4.69) is 58.2 Å². The molecule has 29 nitrogen and oxygen atoms in total. The number of hydrogen-bond donors (Lipinski definition) is 19. The molecule has 0 aliphatic carbocycles. The summed E-state index contributed by atoms with van der Waals surface area (Å²) in [6.07, 6.45) is 6.31. The van der Waals surface area contributed by atoms with E-state index >= 15 is 0 Å². The minimum absolute atomic E-state index is 0.0584. The van der Waals surface area contributed by atoms with Crippen LogP contribution in [0.5, 0.6) is 5.75 Å². The fourth-order valence-corrected chi connectivity index (χ4v) is 11.3. The molecule has 4 rings (SSSR count). The van der Waals surface area contributed by atoms with E-state index in [9.17, 15) is 58.2 Å². The number of para-hydroxylation sites is 1. The van der Waals surface area contributed by atoms with Gasteiger partial charge in [0.15, 0.2) is 0 Å². The van der Waals surface area contributed by atoms with Gasteiger partial charge in [-0.3, -0.25) is 48.5 Å². The zero-order chi connectivity index (χ0) is 72.3. The number of benzene rings is 3. The van der Waals surface area contributed by atoms with E-state index in [1.807, 2.05) is 24.3 Å². The quantitative estimate of drug-likeness (QED) is 0.0199. The summed E-state index contributed by atoms with van der Waals surface area (Å²) in [7, 11) is 0. The van der Waals surface area contributed by atoms with E-state index in [0.29, 0.717) is 86.9 Å². The van der Waals surface area contributed by atoms with Gasteiger partial charge >= 0.3 is 5.97 Å². The van der Waals surface area contributed by atoms with Gasteiger partial charge in [-0.2, -0.15) is 11.8 Å². The Morgan fingerprint density at radius 2 is 0.857 bits per heavy atom. The van der Waals surface area contributed by atoms with E-state index < -0.39 is 138 Å². The number of phenols is 1. The lowest BCUT2D eigenvalue weighted by molar-refractivity contribution is -0.142. The highest BCUT2D eigenvalue weighted by Gasteiger charge is 2.38. The van der Waals surface area contributed by atoms with Crippen LogP contribution in [-0.2, 0) is 67.2 Å². The number of unbranched alkanes of at least 4 members (excludes halogenated alkanes) is 3. The van der Waals surface area contributed by atoms with Crippen molar-refractivity contribution in [2.45, 2.75) is 191 Å². The van der Waals surface area contributed by atoms with Crippen LogP contribution in [0, 0.1) is 11.8 Å². The zero-order valence-electron chi connectivity index (χ0n) is 57.1. The van der Waals surface area contributed by atoms with Gasteiger partial charge in [0.05, 0.1) is 6.04 Å². The first kappa shape index (κ1) is 82.2. The third-order valence-electron chi connectivity index (χ3n) is 16.5. The molecule has 0 radical (unpaired) electrons. The second-order valence-corrected chi connectivity index (χ2v) is 26.2. The third-order valence-corrected chi connectivity index (χ3v) is 17.2.